The Morgan fingerprint density at radius 1 is 0.919 bits per heavy atom. The lowest BCUT2D eigenvalue weighted by Gasteiger charge is -2.30. The fourth-order valence-electron chi connectivity index (χ4n) is 7.89. The van der Waals surface area contributed by atoms with Crippen molar-refractivity contribution in [2.75, 3.05) is 13.2 Å². The Morgan fingerprint density at radius 3 is 1.95 bits per heavy atom. The molecule has 1 amide bonds. The molecule has 3 N–H and O–H groups in total. The smallest absolute Gasteiger partial charge is 0.450 e. The molecule has 1 heterocycles. The topological polar surface area (TPSA) is 141 Å². The van der Waals surface area contributed by atoms with Crippen molar-refractivity contribution in [3.05, 3.63) is 143 Å². The van der Waals surface area contributed by atoms with E-state index in [0.29, 0.717) is 70.3 Å². The zero-order valence-corrected chi connectivity index (χ0v) is 35.9. The van der Waals surface area contributed by atoms with Crippen LogP contribution in [0.2, 0.25) is 23.2 Å². The van der Waals surface area contributed by atoms with Crippen molar-refractivity contribution < 1.29 is 47.9 Å². The fourth-order valence-corrected chi connectivity index (χ4v) is 8.23. The van der Waals surface area contributed by atoms with Crippen molar-refractivity contribution in [3.8, 4) is 22.3 Å². The Morgan fingerprint density at radius 2 is 1.48 bits per heavy atom. The van der Waals surface area contributed by atoms with Crippen LogP contribution in [0.4, 0.5) is 8.78 Å². The zero-order valence-electron chi connectivity index (χ0n) is 34.3. The number of aliphatic hydroxyl groups excluding tert-OH is 1. The first kappa shape index (κ1) is 49.8. The predicted molar refractivity (Wildman–Crippen MR) is 243 cm³/mol. The molecule has 2 radical (unpaired) electrons. The van der Waals surface area contributed by atoms with Crippen LogP contribution in [0.5, 0.6) is 0 Å². The Hall–Kier alpha value is -4.85. The van der Waals surface area contributed by atoms with Gasteiger partial charge in [0.15, 0.2) is 7.28 Å². The maximum atomic E-state index is 14.2. The number of allylic oxidation sites excluding steroid dienone is 2. The highest BCUT2D eigenvalue weighted by Crippen LogP contribution is 2.37. The van der Waals surface area contributed by atoms with Gasteiger partial charge in [-0.05, 0) is 109 Å². The third kappa shape index (κ3) is 13.3. The summed E-state index contributed by atoms with van der Waals surface area (Å²) in [6.07, 6.45) is 6.79. The third-order valence-corrected chi connectivity index (χ3v) is 11.5. The minimum atomic E-state index is -1.34. The molecule has 4 aromatic rings. The monoisotopic (exact) mass is 883 g/mol. The standard InChI is InChI=1S/C23H24B2ClFNO4.C23H24BClFO4/c1-3-4-18-20(13-32-25(2)31)23(30)28(24-14-29)22(18)11-15-5-7-16(8-6-15)19-12-17(26)9-10-21(19)27;1-2-9-23(14-27,22(29)30)12-17(13-24-15-28)10-16-3-5-18(6-4-16)20-11-19(25)7-8-21(20)26/h3,5-10,12,14,18,20,22,31H,1,4,11,13H2,2H3;2-8,11,15,17,27H,1,9-10,12-14H2,(H,29,30). The first-order valence-electron chi connectivity index (χ1n) is 20.0. The molecule has 9 nitrogen and oxygen atoms in total. The lowest BCUT2D eigenvalue weighted by Crippen LogP contribution is -2.40. The van der Waals surface area contributed by atoms with E-state index >= 15 is 0 Å². The van der Waals surface area contributed by atoms with Gasteiger partial charge in [0, 0.05) is 33.8 Å². The van der Waals surface area contributed by atoms with Gasteiger partial charge < -0.3 is 34.3 Å². The number of hydrogen-bond acceptors (Lipinski definition) is 7. The molecule has 1 saturated heterocycles. The molecular weight excluding hydrogens is 836 g/mol. The van der Waals surface area contributed by atoms with E-state index in [4.69, 9.17) is 27.9 Å². The number of nitrogens with zero attached hydrogens (tertiary/aromatic N) is 1. The fraction of sp³-hybridized carbons (Fsp3) is 0.304. The number of carboxylic acid groups (broad SMARTS) is 1. The van der Waals surface area contributed by atoms with E-state index in [1.807, 2.05) is 36.4 Å². The van der Waals surface area contributed by atoms with E-state index < -0.39 is 31.0 Å². The highest BCUT2D eigenvalue weighted by molar-refractivity contribution is 6.67. The molecule has 322 valence electrons. The van der Waals surface area contributed by atoms with Crippen molar-refractivity contribution in [2.45, 2.75) is 51.3 Å². The third-order valence-electron chi connectivity index (χ3n) is 11.0. The average Bonchev–Trinajstić information content (AvgIpc) is 3.49. The average molecular weight is 884 g/mol. The minimum Gasteiger partial charge on any atom is -0.481 e. The van der Waals surface area contributed by atoms with Gasteiger partial charge in [0.2, 0.25) is 5.91 Å². The second-order valence-corrected chi connectivity index (χ2v) is 16.2. The molecule has 1 fully saturated rings. The first-order valence-corrected chi connectivity index (χ1v) is 20.8. The maximum Gasteiger partial charge on any atom is 0.450 e. The van der Waals surface area contributed by atoms with Crippen LogP contribution in [-0.2, 0) is 36.7 Å². The molecule has 1 aliphatic rings. The van der Waals surface area contributed by atoms with Gasteiger partial charge in [0.25, 0.3) is 0 Å². The number of aliphatic carboxylic acids is 1. The Kier molecular flexibility index (Phi) is 19.4. The Bertz CT molecular complexity index is 2170. The van der Waals surface area contributed by atoms with E-state index in [-0.39, 0.29) is 54.9 Å². The van der Waals surface area contributed by atoms with Gasteiger partial charge in [0.1, 0.15) is 17.8 Å². The molecule has 5 atom stereocenters. The van der Waals surface area contributed by atoms with Crippen LogP contribution in [0.1, 0.15) is 30.4 Å². The second-order valence-electron chi connectivity index (χ2n) is 15.3. The summed E-state index contributed by atoms with van der Waals surface area (Å²) in [7, 11) is 1.72. The van der Waals surface area contributed by atoms with E-state index in [1.165, 1.54) is 56.7 Å². The SMILES string of the molecule is C=CCC(CO)(CC(C[B]C=O)Cc1ccc(-c2cc(Cl)ccc2F)cc1)C(=O)O.C=CCC1C(COB(C)O)C(=O)N([B]C=O)C1Cc1ccc(-c2cc(Cl)ccc2F)cc1. The van der Waals surface area contributed by atoms with Crippen LogP contribution in [0.25, 0.3) is 22.3 Å². The van der Waals surface area contributed by atoms with Crippen LogP contribution in [0.15, 0.2) is 110 Å². The van der Waals surface area contributed by atoms with Crippen molar-refractivity contribution in [3.63, 3.8) is 0 Å². The van der Waals surface area contributed by atoms with Crippen LogP contribution in [0.3, 0.4) is 0 Å². The predicted octanol–water partition coefficient (Wildman–Crippen LogP) is 8.29. The molecule has 0 aliphatic carbocycles. The molecule has 5 rings (SSSR count). The summed E-state index contributed by atoms with van der Waals surface area (Å²) in [4.78, 5) is 48.3. The van der Waals surface area contributed by atoms with Crippen molar-refractivity contribution >= 4 is 69.3 Å². The van der Waals surface area contributed by atoms with E-state index in [1.54, 1.807) is 30.3 Å². The second kappa shape index (κ2) is 24.1. The molecule has 1 aliphatic heterocycles. The van der Waals surface area contributed by atoms with Crippen molar-refractivity contribution in [2.24, 2.45) is 23.2 Å². The molecule has 0 aromatic heterocycles. The summed E-state index contributed by atoms with van der Waals surface area (Å²) in [6.45, 7) is 8.44. The van der Waals surface area contributed by atoms with E-state index in [2.05, 4.69) is 13.2 Å². The van der Waals surface area contributed by atoms with Gasteiger partial charge in [-0.25, -0.2) is 8.78 Å². The number of aliphatic hydroxyl groups is 1. The van der Waals surface area contributed by atoms with Crippen LogP contribution < -0.4 is 0 Å². The summed E-state index contributed by atoms with van der Waals surface area (Å²) >= 11 is 12.0. The van der Waals surface area contributed by atoms with E-state index in [0.717, 1.165) is 11.1 Å². The lowest BCUT2D eigenvalue weighted by molar-refractivity contribution is -0.152. The normalized spacial score (nSPS) is 17.2. The molecular formula is C46H48B3Cl2F2NO8. The number of carbonyl (C=O) groups excluding carboxylic acids is 3. The summed E-state index contributed by atoms with van der Waals surface area (Å²) in [5.74, 6) is -2.85. The molecule has 62 heavy (non-hydrogen) atoms. The van der Waals surface area contributed by atoms with Crippen LogP contribution >= 0.6 is 23.2 Å². The van der Waals surface area contributed by atoms with Gasteiger partial charge in [-0.3, -0.25) is 9.59 Å². The Balaban J connectivity index is 0.000000273. The lowest BCUT2D eigenvalue weighted by atomic mass is 9.65. The molecule has 0 spiro atoms. The number of amides is 1. The summed E-state index contributed by atoms with van der Waals surface area (Å²) in [5.41, 5.74) is 2.69. The summed E-state index contributed by atoms with van der Waals surface area (Å²) in [6, 6.07) is 23.1. The Labute approximate surface area is 373 Å². The number of carboxylic acids is 1. The van der Waals surface area contributed by atoms with Crippen LogP contribution in [-0.4, -0.2) is 85.4 Å². The highest BCUT2D eigenvalue weighted by Gasteiger charge is 2.47. The van der Waals surface area contributed by atoms with Gasteiger partial charge in [-0.15, -0.1) is 13.2 Å². The molecule has 16 heteroatoms. The van der Waals surface area contributed by atoms with Crippen LogP contribution in [0, 0.1) is 34.8 Å². The number of carbonyl (C=O) groups is 4. The van der Waals surface area contributed by atoms with Crippen molar-refractivity contribution in [1.82, 2.24) is 4.81 Å². The first-order chi connectivity index (χ1) is 29.7. The minimum absolute atomic E-state index is 0.0572. The quantitative estimate of drug-likeness (QED) is 0.0407. The number of halogens is 4. The molecule has 4 aromatic carbocycles. The largest absolute Gasteiger partial charge is 0.481 e. The van der Waals surface area contributed by atoms with Crippen molar-refractivity contribution in [1.29, 1.82) is 0 Å². The summed E-state index contributed by atoms with van der Waals surface area (Å²) in [5, 5.41) is 29.8. The van der Waals surface area contributed by atoms with E-state index in [9.17, 15) is 43.2 Å². The maximum absolute atomic E-state index is 14.2. The zero-order chi connectivity index (χ0) is 45.4. The molecule has 0 saturated carbocycles. The van der Waals surface area contributed by atoms with Gasteiger partial charge in [-0.2, -0.15) is 0 Å². The summed E-state index contributed by atoms with van der Waals surface area (Å²) < 4.78 is 33.6. The van der Waals surface area contributed by atoms with Gasteiger partial charge in [0.05, 0.1) is 24.1 Å². The van der Waals surface area contributed by atoms with Gasteiger partial charge >= 0.3 is 20.5 Å². The van der Waals surface area contributed by atoms with Gasteiger partial charge in [-0.1, -0.05) is 90.2 Å². The number of hydrogen-bond donors (Lipinski definition) is 3. The number of rotatable bonds is 22. The number of benzene rings is 4. The highest BCUT2D eigenvalue weighted by atomic mass is 35.5. The molecule has 0 bridgehead atoms. The molecule has 5 unspecified atom stereocenters.